The summed E-state index contributed by atoms with van der Waals surface area (Å²) >= 11 is 0. The van der Waals surface area contributed by atoms with Crippen LogP contribution in [0, 0.1) is 6.92 Å². The van der Waals surface area contributed by atoms with Crippen molar-refractivity contribution >= 4 is 5.84 Å². The third kappa shape index (κ3) is 5.08. The molecule has 2 aromatic carbocycles. The van der Waals surface area contributed by atoms with Crippen LogP contribution in [-0.2, 0) is 4.74 Å². The average molecular weight is 327 g/mol. The second-order valence-electron chi connectivity index (χ2n) is 5.85. The van der Waals surface area contributed by atoms with Crippen LogP contribution < -0.4 is 5.73 Å². The van der Waals surface area contributed by atoms with E-state index in [1.165, 1.54) is 11.1 Å². The standard InChI is InChI=1S/C19H25N3O2/c1-15-8-6-7-11-17(15)19(16-9-4-3-5-10-16)24-13-12-22(2)14-18(20)21-23/h3-11,19,23H,12-14H2,1-2H3,(H2,20,21). The first-order valence-electron chi connectivity index (χ1n) is 7.99. The molecule has 0 saturated heterocycles. The van der Waals surface area contributed by atoms with Gasteiger partial charge in [-0.2, -0.15) is 0 Å². The third-order valence-electron chi connectivity index (χ3n) is 3.89. The fourth-order valence-corrected chi connectivity index (χ4v) is 2.59. The van der Waals surface area contributed by atoms with Gasteiger partial charge in [0, 0.05) is 6.54 Å². The quantitative estimate of drug-likeness (QED) is 0.338. The lowest BCUT2D eigenvalue weighted by Gasteiger charge is -2.23. The Balaban J connectivity index is 2.07. The molecule has 0 fully saturated rings. The topological polar surface area (TPSA) is 71.1 Å². The molecule has 0 amide bonds. The molecule has 128 valence electrons. The first-order chi connectivity index (χ1) is 11.6. The molecule has 2 rings (SSSR count). The first-order valence-corrected chi connectivity index (χ1v) is 7.99. The molecule has 2 aromatic rings. The van der Waals surface area contributed by atoms with E-state index in [1.807, 2.05) is 42.3 Å². The van der Waals surface area contributed by atoms with Gasteiger partial charge in [0.25, 0.3) is 0 Å². The highest BCUT2D eigenvalue weighted by Gasteiger charge is 2.16. The van der Waals surface area contributed by atoms with Crippen molar-refractivity contribution in [3.63, 3.8) is 0 Å². The largest absolute Gasteiger partial charge is 0.409 e. The minimum Gasteiger partial charge on any atom is -0.409 e. The number of hydrogen-bond acceptors (Lipinski definition) is 4. The zero-order chi connectivity index (χ0) is 17.4. The number of rotatable bonds is 8. The molecule has 5 heteroatoms. The lowest BCUT2D eigenvalue weighted by atomic mass is 9.97. The minimum absolute atomic E-state index is 0.107. The highest BCUT2D eigenvalue weighted by molar-refractivity contribution is 5.81. The maximum absolute atomic E-state index is 8.63. The normalized spacial score (nSPS) is 13.2. The van der Waals surface area contributed by atoms with E-state index < -0.39 is 0 Å². The number of hydrogen-bond donors (Lipinski definition) is 2. The van der Waals surface area contributed by atoms with E-state index in [0.717, 1.165) is 5.56 Å². The Hall–Kier alpha value is -2.37. The monoisotopic (exact) mass is 327 g/mol. The third-order valence-corrected chi connectivity index (χ3v) is 3.89. The summed E-state index contributed by atoms with van der Waals surface area (Å²) in [6.45, 7) is 3.73. The van der Waals surface area contributed by atoms with Crippen molar-refractivity contribution in [1.82, 2.24) is 4.90 Å². The van der Waals surface area contributed by atoms with Crippen LogP contribution in [0.2, 0.25) is 0 Å². The minimum atomic E-state index is -0.107. The average Bonchev–Trinajstić information content (AvgIpc) is 2.60. The van der Waals surface area contributed by atoms with E-state index in [0.29, 0.717) is 19.7 Å². The number of ether oxygens (including phenoxy) is 1. The zero-order valence-corrected chi connectivity index (χ0v) is 14.2. The number of amidine groups is 1. The molecular weight excluding hydrogens is 302 g/mol. The summed E-state index contributed by atoms with van der Waals surface area (Å²) in [6.07, 6.45) is -0.107. The summed E-state index contributed by atoms with van der Waals surface area (Å²) in [5, 5.41) is 11.6. The fourth-order valence-electron chi connectivity index (χ4n) is 2.59. The summed E-state index contributed by atoms with van der Waals surface area (Å²) in [5.41, 5.74) is 9.03. The van der Waals surface area contributed by atoms with Crippen LogP contribution in [-0.4, -0.2) is 42.7 Å². The van der Waals surface area contributed by atoms with Crippen molar-refractivity contribution in [3.8, 4) is 0 Å². The van der Waals surface area contributed by atoms with Gasteiger partial charge in [0.05, 0.1) is 13.2 Å². The summed E-state index contributed by atoms with van der Waals surface area (Å²) in [5.74, 6) is 0.191. The Kier molecular flexibility index (Phi) is 6.78. The molecule has 0 aliphatic carbocycles. The number of aryl methyl sites for hydroxylation is 1. The van der Waals surface area contributed by atoms with E-state index in [2.05, 4.69) is 36.3 Å². The number of nitrogens with two attached hydrogens (primary N) is 1. The van der Waals surface area contributed by atoms with E-state index in [-0.39, 0.29) is 11.9 Å². The van der Waals surface area contributed by atoms with Crippen LogP contribution in [0.4, 0.5) is 0 Å². The SMILES string of the molecule is Cc1ccccc1C(OCCN(C)C/C(N)=N\O)c1ccccc1. The Morgan fingerprint density at radius 3 is 2.50 bits per heavy atom. The second-order valence-corrected chi connectivity index (χ2v) is 5.85. The van der Waals surface area contributed by atoms with Crippen LogP contribution in [0.15, 0.2) is 59.8 Å². The van der Waals surface area contributed by atoms with Crippen molar-refractivity contribution < 1.29 is 9.94 Å². The van der Waals surface area contributed by atoms with E-state index in [9.17, 15) is 0 Å². The van der Waals surface area contributed by atoms with Gasteiger partial charge in [0.2, 0.25) is 0 Å². The maximum Gasteiger partial charge on any atom is 0.153 e. The van der Waals surface area contributed by atoms with E-state index in [4.69, 9.17) is 15.7 Å². The molecule has 0 radical (unpaired) electrons. The predicted octanol–water partition coefficient (Wildman–Crippen LogP) is 2.78. The summed E-state index contributed by atoms with van der Waals surface area (Å²) in [7, 11) is 1.91. The van der Waals surface area contributed by atoms with Crippen molar-refractivity contribution in [3.05, 3.63) is 71.3 Å². The lowest BCUT2D eigenvalue weighted by molar-refractivity contribution is 0.0667. The molecule has 1 unspecified atom stereocenters. The van der Waals surface area contributed by atoms with Crippen molar-refractivity contribution in [2.45, 2.75) is 13.0 Å². The Bertz CT molecular complexity index is 659. The molecule has 0 aromatic heterocycles. The number of benzene rings is 2. The van der Waals surface area contributed by atoms with Crippen LogP contribution >= 0.6 is 0 Å². The molecule has 3 N–H and O–H groups in total. The van der Waals surface area contributed by atoms with Gasteiger partial charge < -0.3 is 15.7 Å². The molecule has 0 bridgehead atoms. The maximum atomic E-state index is 8.63. The summed E-state index contributed by atoms with van der Waals surface area (Å²) in [4.78, 5) is 1.95. The van der Waals surface area contributed by atoms with Crippen LogP contribution in [0.25, 0.3) is 0 Å². The van der Waals surface area contributed by atoms with Gasteiger partial charge in [-0.1, -0.05) is 59.8 Å². The van der Waals surface area contributed by atoms with Gasteiger partial charge in [0.1, 0.15) is 6.10 Å². The number of nitrogens with zero attached hydrogens (tertiary/aromatic N) is 2. The lowest BCUT2D eigenvalue weighted by Crippen LogP contribution is -2.33. The Morgan fingerprint density at radius 1 is 1.17 bits per heavy atom. The van der Waals surface area contributed by atoms with Crippen molar-refractivity contribution in [2.24, 2.45) is 10.9 Å². The molecule has 0 aliphatic rings. The van der Waals surface area contributed by atoms with Crippen LogP contribution in [0.5, 0.6) is 0 Å². The van der Waals surface area contributed by atoms with E-state index in [1.54, 1.807) is 0 Å². The van der Waals surface area contributed by atoms with Gasteiger partial charge in [-0.3, -0.25) is 4.90 Å². The molecule has 0 saturated carbocycles. The van der Waals surface area contributed by atoms with Gasteiger partial charge in [0.15, 0.2) is 5.84 Å². The van der Waals surface area contributed by atoms with Gasteiger partial charge in [-0.25, -0.2) is 0 Å². The molecule has 0 heterocycles. The predicted molar refractivity (Wildman–Crippen MR) is 96.3 cm³/mol. The molecule has 24 heavy (non-hydrogen) atoms. The second kappa shape index (κ2) is 9.05. The van der Waals surface area contributed by atoms with Gasteiger partial charge in [-0.05, 0) is 30.7 Å². The van der Waals surface area contributed by atoms with Crippen molar-refractivity contribution in [2.75, 3.05) is 26.7 Å². The molecule has 0 aliphatic heterocycles. The number of likely N-dealkylation sites (N-methyl/N-ethyl adjacent to an activating group) is 1. The molecule has 1 atom stereocenters. The van der Waals surface area contributed by atoms with Crippen LogP contribution in [0.1, 0.15) is 22.8 Å². The van der Waals surface area contributed by atoms with Gasteiger partial charge in [-0.15, -0.1) is 0 Å². The molecule has 0 spiro atoms. The fraction of sp³-hybridized carbons (Fsp3) is 0.316. The number of oxime groups is 1. The van der Waals surface area contributed by atoms with Crippen molar-refractivity contribution in [1.29, 1.82) is 0 Å². The highest BCUT2D eigenvalue weighted by Crippen LogP contribution is 2.28. The Morgan fingerprint density at radius 2 is 1.83 bits per heavy atom. The van der Waals surface area contributed by atoms with Gasteiger partial charge >= 0.3 is 0 Å². The van der Waals surface area contributed by atoms with E-state index >= 15 is 0 Å². The van der Waals surface area contributed by atoms with Crippen LogP contribution in [0.3, 0.4) is 0 Å². The zero-order valence-electron chi connectivity index (χ0n) is 14.2. The first kappa shape index (κ1) is 18.0. The molecule has 5 nitrogen and oxygen atoms in total. The highest BCUT2D eigenvalue weighted by atomic mass is 16.5. The smallest absolute Gasteiger partial charge is 0.153 e. The molecular formula is C19H25N3O2. The Labute approximate surface area is 143 Å². The summed E-state index contributed by atoms with van der Waals surface area (Å²) in [6, 6.07) is 18.5. The summed E-state index contributed by atoms with van der Waals surface area (Å²) < 4.78 is 6.20.